The number of benzene rings is 1. The Balaban J connectivity index is 1.79. The fourth-order valence-corrected chi connectivity index (χ4v) is 2.49. The van der Waals surface area contributed by atoms with Gasteiger partial charge in [0.05, 0.1) is 11.2 Å². The highest BCUT2D eigenvalue weighted by atomic mass is 16.4. The molecule has 0 saturated carbocycles. The second-order valence-electron chi connectivity index (χ2n) is 5.59. The predicted molar refractivity (Wildman–Crippen MR) is 83.1 cm³/mol. The number of nitrogens with one attached hydrogen (secondary N) is 1. The first-order chi connectivity index (χ1) is 10.1. The Labute approximate surface area is 125 Å². The Morgan fingerprint density at radius 1 is 1.38 bits per heavy atom. The quantitative estimate of drug-likeness (QED) is 0.733. The van der Waals surface area contributed by atoms with E-state index in [2.05, 4.69) is 29.5 Å². The zero-order chi connectivity index (χ0) is 15.2. The molecule has 0 aliphatic heterocycles. The molecule has 114 valence electrons. The molecular formula is C16H23N3O2. The number of rotatable bonds is 8. The largest absolute Gasteiger partial charge is 0.481 e. The molecule has 2 aromatic rings. The van der Waals surface area contributed by atoms with E-state index in [9.17, 15) is 4.79 Å². The Morgan fingerprint density at radius 2 is 2.14 bits per heavy atom. The van der Waals surface area contributed by atoms with Gasteiger partial charge in [-0.25, -0.2) is 0 Å². The third kappa shape index (κ3) is 4.29. The Morgan fingerprint density at radius 3 is 2.90 bits per heavy atom. The third-order valence-electron chi connectivity index (χ3n) is 3.79. The first-order valence-corrected chi connectivity index (χ1v) is 7.41. The first kappa shape index (κ1) is 15.5. The molecule has 0 radical (unpaired) electrons. The summed E-state index contributed by atoms with van der Waals surface area (Å²) < 4.78 is 1.90. The molecule has 1 atom stereocenters. The van der Waals surface area contributed by atoms with Gasteiger partial charge >= 0.3 is 5.97 Å². The normalized spacial score (nSPS) is 12.7. The maximum Gasteiger partial charge on any atom is 0.303 e. The molecule has 0 aliphatic carbocycles. The molecule has 2 N–H and O–H groups in total. The van der Waals surface area contributed by atoms with E-state index in [0.717, 1.165) is 37.1 Å². The van der Waals surface area contributed by atoms with Crippen LogP contribution in [0.5, 0.6) is 0 Å². The molecule has 2 rings (SSSR count). The number of carboxylic acid groups (broad SMARTS) is 1. The van der Waals surface area contributed by atoms with Gasteiger partial charge in [0.15, 0.2) is 0 Å². The lowest BCUT2D eigenvalue weighted by atomic mass is 10.0. The summed E-state index contributed by atoms with van der Waals surface area (Å²) in [5.74, 6) is -0.288. The number of carbonyl (C=O) groups is 1. The predicted octanol–water partition coefficient (Wildman–Crippen LogP) is 2.55. The van der Waals surface area contributed by atoms with E-state index in [1.165, 1.54) is 5.39 Å². The van der Waals surface area contributed by atoms with Gasteiger partial charge < -0.3 is 10.4 Å². The van der Waals surface area contributed by atoms with Crippen LogP contribution in [0.15, 0.2) is 24.3 Å². The molecule has 5 heteroatoms. The summed E-state index contributed by atoms with van der Waals surface area (Å²) in [5.41, 5.74) is 2.20. The van der Waals surface area contributed by atoms with Crippen molar-refractivity contribution in [3.8, 4) is 0 Å². The van der Waals surface area contributed by atoms with Gasteiger partial charge in [0, 0.05) is 25.4 Å². The number of carboxylic acids is 1. The van der Waals surface area contributed by atoms with Crippen molar-refractivity contribution in [3.63, 3.8) is 0 Å². The van der Waals surface area contributed by atoms with E-state index in [0.29, 0.717) is 5.92 Å². The van der Waals surface area contributed by atoms with Gasteiger partial charge in [-0.2, -0.15) is 5.10 Å². The Hall–Kier alpha value is -1.88. The van der Waals surface area contributed by atoms with Gasteiger partial charge in [-0.05, 0) is 31.4 Å². The van der Waals surface area contributed by atoms with Crippen molar-refractivity contribution >= 4 is 16.9 Å². The van der Waals surface area contributed by atoms with Crippen LogP contribution >= 0.6 is 0 Å². The van der Waals surface area contributed by atoms with Crippen LogP contribution in [0.2, 0.25) is 0 Å². The summed E-state index contributed by atoms with van der Waals surface area (Å²) in [6.45, 7) is 3.72. The SMILES string of the molecule is CC(CCNCc1nn(C)c2ccccc12)CCC(=O)O. The number of nitrogens with zero attached hydrogens (tertiary/aromatic N) is 2. The van der Waals surface area contributed by atoms with Crippen molar-refractivity contribution < 1.29 is 9.90 Å². The number of aromatic nitrogens is 2. The second kappa shape index (κ2) is 7.22. The van der Waals surface area contributed by atoms with Crippen molar-refractivity contribution in [1.29, 1.82) is 0 Å². The second-order valence-corrected chi connectivity index (χ2v) is 5.59. The van der Waals surface area contributed by atoms with Crippen molar-refractivity contribution in [3.05, 3.63) is 30.0 Å². The number of para-hydroxylation sites is 1. The van der Waals surface area contributed by atoms with E-state index < -0.39 is 5.97 Å². The minimum absolute atomic E-state index is 0.256. The number of aryl methyl sites for hydroxylation is 1. The Kier molecular flexibility index (Phi) is 5.33. The van der Waals surface area contributed by atoms with Crippen LogP contribution in [0.4, 0.5) is 0 Å². The van der Waals surface area contributed by atoms with E-state index in [4.69, 9.17) is 5.11 Å². The van der Waals surface area contributed by atoms with E-state index >= 15 is 0 Å². The van der Waals surface area contributed by atoms with Crippen LogP contribution in [-0.4, -0.2) is 27.4 Å². The lowest BCUT2D eigenvalue weighted by Crippen LogP contribution is -2.18. The minimum atomic E-state index is -0.713. The summed E-state index contributed by atoms with van der Waals surface area (Å²) in [7, 11) is 1.96. The van der Waals surface area contributed by atoms with E-state index in [-0.39, 0.29) is 6.42 Å². The average molecular weight is 289 g/mol. The summed E-state index contributed by atoms with van der Waals surface area (Å²) in [4.78, 5) is 10.5. The van der Waals surface area contributed by atoms with Crippen LogP contribution in [0, 0.1) is 5.92 Å². The molecule has 1 heterocycles. The molecule has 5 nitrogen and oxygen atoms in total. The number of fused-ring (bicyclic) bond motifs is 1. The van der Waals surface area contributed by atoms with Gasteiger partial charge in [-0.1, -0.05) is 25.1 Å². The van der Waals surface area contributed by atoms with Crippen LogP contribution in [0.3, 0.4) is 0 Å². The molecule has 21 heavy (non-hydrogen) atoms. The van der Waals surface area contributed by atoms with Gasteiger partial charge in [0.2, 0.25) is 0 Å². The molecule has 0 bridgehead atoms. The van der Waals surface area contributed by atoms with E-state index in [1.54, 1.807) is 0 Å². The third-order valence-corrected chi connectivity index (χ3v) is 3.79. The van der Waals surface area contributed by atoms with Crippen molar-refractivity contribution in [2.75, 3.05) is 6.54 Å². The smallest absolute Gasteiger partial charge is 0.303 e. The first-order valence-electron chi connectivity index (χ1n) is 7.41. The van der Waals surface area contributed by atoms with Crippen LogP contribution in [0.25, 0.3) is 10.9 Å². The monoisotopic (exact) mass is 289 g/mol. The lowest BCUT2D eigenvalue weighted by molar-refractivity contribution is -0.137. The Bertz CT molecular complexity index is 607. The fourth-order valence-electron chi connectivity index (χ4n) is 2.49. The van der Waals surface area contributed by atoms with Gasteiger partial charge in [-0.15, -0.1) is 0 Å². The molecule has 0 amide bonds. The number of hydrogen-bond donors (Lipinski definition) is 2. The van der Waals surface area contributed by atoms with Gasteiger partial charge in [0.1, 0.15) is 0 Å². The highest BCUT2D eigenvalue weighted by Gasteiger charge is 2.08. The highest BCUT2D eigenvalue weighted by molar-refractivity contribution is 5.81. The number of hydrogen-bond acceptors (Lipinski definition) is 3. The molecule has 0 saturated heterocycles. The van der Waals surface area contributed by atoms with Crippen LogP contribution < -0.4 is 5.32 Å². The molecule has 0 spiro atoms. The maximum absolute atomic E-state index is 10.5. The van der Waals surface area contributed by atoms with Crippen molar-refractivity contribution in [2.24, 2.45) is 13.0 Å². The molecule has 0 aliphatic rings. The summed E-state index contributed by atoms with van der Waals surface area (Å²) in [5, 5.41) is 17.8. The summed E-state index contributed by atoms with van der Waals surface area (Å²) in [6, 6.07) is 8.21. The highest BCUT2D eigenvalue weighted by Crippen LogP contribution is 2.17. The van der Waals surface area contributed by atoms with Crippen molar-refractivity contribution in [2.45, 2.75) is 32.7 Å². The average Bonchev–Trinajstić information content (AvgIpc) is 2.79. The maximum atomic E-state index is 10.5. The topological polar surface area (TPSA) is 67.2 Å². The molecular weight excluding hydrogens is 266 g/mol. The molecule has 1 unspecified atom stereocenters. The minimum Gasteiger partial charge on any atom is -0.481 e. The van der Waals surface area contributed by atoms with Crippen LogP contribution in [-0.2, 0) is 18.4 Å². The molecule has 1 aromatic heterocycles. The fraction of sp³-hybridized carbons (Fsp3) is 0.500. The molecule has 1 aromatic carbocycles. The van der Waals surface area contributed by atoms with E-state index in [1.807, 2.05) is 23.9 Å². The molecule has 0 fully saturated rings. The van der Waals surface area contributed by atoms with Gasteiger partial charge in [0.25, 0.3) is 0 Å². The summed E-state index contributed by atoms with van der Waals surface area (Å²) in [6.07, 6.45) is 1.98. The zero-order valence-corrected chi connectivity index (χ0v) is 12.7. The van der Waals surface area contributed by atoms with Crippen molar-refractivity contribution in [1.82, 2.24) is 15.1 Å². The lowest BCUT2D eigenvalue weighted by Gasteiger charge is -2.10. The van der Waals surface area contributed by atoms with Crippen LogP contribution in [0.1, 0.15) is 31.9 Å². The zero-order valence-electron chi connectivity index (χ0n) is 12.7. The summed E-state index contributed by atoms with van der Waals surface area (Å²) >= 11 is 0. The van der Waals surface area contributed by atoms with Gasteiger partial charge in [-0.3, -0.25) is 9.48 Å². The standard InChI is InChI=1S/C16H23N3O2/c1-12(7-8-16(20)21)9-10-17-11-14-13-5-3-4-6-15(13)19(2)18-14/h3-6,12,17H,7-11H2,1-2H3,(H,20,21). The number of aliphatic carboxylic acids is 1.